The first-order valence-corrected chi connectivity index (χ1v) is 7.84. The van der Waals surface area contributed by atoms with Crippen LogP contribution in [0.3, 0.4) is 0 Å². The Morgan fingerprint density at radius 3 is 2.22 bits per heavy atom. The quantitative estimate of drug-likeness (QED) is 0.780. The molecular formula is C17H33N. The van der Waals surface area contributed by atoms with Crippen molar-refractivity contribution in [3.8, 4) is 0 Å². The van der Waals surface area contributed by atoms with Crippen LogP contribution < -0.4 is 5.32 Å². The van der Waals surface area contributed by atoms with E-state index in [2.05, 4.69) is 53.8 Å². The zero-order chi connectivity index (χ0) is 13.8. The summed E-state index contributed by atoms with van der Waals surface area (Å²) < 4.78 is 0. The van der Waals surface area contributed by atoms with E-state index < -0.39 is 0 Å². The highest BCUT2D eigenvalue weighted by Crippen LogP contribution is 2.77. The lowest BCUT2D eigenvalue weighted by molar-refractivity contribution is 0.0888. The highest BCUT2D eigenvalue weighted by Gasteiger charge is 2.71. The molecule has 3 atom stereocenters. The molecule has 1 heteroatoms. The zero-order valence-corrected chi connectivity index (χ0v) is 13.6. The summed E-state index contributed by atoms with van der Waals surface area (Å²) in [5.41, 5.74) is 1.71. The van der Waals surface area contributed by atoms with Gasteiger partial charge in [0.1, 0.15) is 0 Å². The van der Waals surface area contributed by atoms with E-state index in [1.807, 2.05) is 0 Å². The van der Waals surface area contributed by atoms with Crippen LogP contribution >= 0.6 is 0 Å². The van der Waals surface area contributed by atoms with Crippen molar-refractivity contribution in [1.82, 2.24) is 5.32 Å². The monoisotopic (exact) mass is 251 g/mol. The molecular weight excluding hydrogens is 218 g/mol. The van der Waals surface area contributed by atoms with Crippen molar-refractivity contribution in [1.29, 1.82) is 0 Å². The molecule has 2 aliphatic carbocycles. The lowest BCUT2D eigenvalue weighted by Gasteiger charge is -2.41. The zero-order valence-electron chi connectivity index (χ0n) is 13.6. The summed E-state index contributed by atoms with van der Waals surface area (Å²) in [6.45, 7) is 18.2. The van der Waals surface area contributed by atoms with Crippen LogP contribution in [-0.4, -0.2) is 12.6 Å². The first kappa shape index (κ1) is 14.4. The Kier molecular flexibility index (Phi) is 3.38. The first-order chi connectivity index (χ1) is 8.11. The highest BCUT2D eigenvalue weighted by atomic mass is 14.9. The molecule has 0 radical (unpaired) electrons. The summed E-state index contributed by atoms with van der Waals surface area (Å²) in [6, 6.07) is 0.618. The Hall–Kier alpha value is -0.0400. The second-order valence-corrected chi connectivity index (χ2v) is 8.85. The topological polar surface area (TPSA) is 12.0 Å². The molecule has 2 rings (SSSR count). The molecule has 106 valence electrons. The third-order valence-electron chi connectivity index (χ3n) is 5.88. The fourth-order valence-corrected chi connectivity index (χ4v) is 5.26. The van der Waals surface area contributed by atoms with Gasteiger partial charge in [-0.2, -0.15) is 0 Å². The molecule has 0 aliphatic heterocycles. The fraction of sp³-hybridized carbons (Fsp3) is 1.00. The van der Waals surface area contributed by atoms with Gasteiger partial charge in [-0.05, 0) is 53.9 Å². The maximum Gasteiger partial charge on any atom is 0.00105 e. The van der Waals surface area contributed by atoms with Gasteiger partial charge in [-0.25, -0.2) is 0 Å². The summed E-state index contributed by atoms with van der Waals surface area (Å²) in [5, 5.41) is 3.68. The van der Waals surface area contributed by atoms with Crippen LogP contribution in [0.1, 0.15) is 67.7 Å². The standard InChI is InChI=1S/C17H33N/c1-12(2)18-10-14-16(6,7)17(14)9-13(3)8-15(4,5)11-17/h12-14,18H,8-11H2,1-7H3. The number of hydrogen-bond acceptors (Lipinski definition) is 1. The minimum absolute atomic E-state index is 0.542. The molecule has 0 heterocycles. The molecule has 3 unspecified atom stereocenters. The molecule has 0 aromatic rings. The normalized spacial score (nSPS) is 41.3. The second-order valence-electron chi connectivity index (χ2n) is 8.85. The van der Waals surface area contributed by atoms with Gasteiger partial charge in [-0.15, -0.1) is 0 Å². The van der Waals surface area contributed by atoms with Gasteiger partial charge in [0.15, 0.2) is 0 Å². The molecule has 1 spiro atoms. The Morgan fingerprint density at radius 1 is 1.11 bits per heavy atom. The second kappa shape index (κ2) is 4.23. The predicted molar refractivity (Wildman–Crippen MR) is 79.6 cm³/mol. The van der Waals surface area contributed by atoms with E-state index in [1.165, 1.54) is 25.8 Å². The average molecular weight is 251 g/mol. The van der Waals surface area contributed by atoms with Crippen molar-refractivity contribution in [3.05, 3.63) is 0 Å². The lowest BCUT2D eigenvalue weighted by Crippen LogP contribution is -2.33. The third-order valence-corrected chi connectivity index (χ3v) is 5.88. The Morgan fingerprint density at radius 2 is 1.72 bits per heavy atom. The lowest BCUT2D eigenvalue weighted by atomic mass is 9.64. The van der Waals surface area contributed by atoms with Crippen LogP contribution in [-0.2, 0) is 0 Å². The number of rotatable bonds is 3. The van der Waals surface area contributed by atoms with E-state index >= 15 is 0 Å². The summed E-state index contributed by atoms with van der Waals surface area (Å²) in [7, 11) is 0. The molecule has 1 N–H and O–H groups in total. The molecule has 0 amide bonds. The Balaban J connectivity index is 2.11. The van der Waals surface area contributed by atoms with E-state index in [9.17, 15) is 0 Å². The smallest absolute Gasteiger partial charge is 0.00105 e. The van der Waals surface area contributed by atoms with Gasteiger partial charge in [0.25, 0.3) is 0 Å². The molecule has 2 fully saturated rings. The minimum atomic E-state index is 0.542. The van der Waals surface area contributed by atoms with Gasteiger partial charge in [-0.3, -0.25) is 0 Å². The van der Waals surface area contributed by atoms with Crippen molar-refractivity contribution in [2.24, 2.45) is 28.1 Å². The van der Waals surface area contributed by atoms with Crippen LogP contribution in [0.4, 0.5) is 0 Å². The highest BCUT2D eigenvalue weighted by molar-refractivity contribution is 5.20. The van der Waals surface area contributed by atoms with Gasteiger partial charge < -0.3 is 5.32 Å². The Bertz CT molecular complexity index is 316. The molecule has 0 aromatic heterocycles. The minimum Gasteiger partial charge on any atom is -0.314 e. The van der Waals surface area contributed by atoms with Gasteiger partial charge in [-0.1, -0.05) is 48.5 Å². The molecule has 0 aromatic carbocycles. The van der Waals surface area contributed by atoms with Crippen molar-refractivity contribution in [3.63, 3.8) is 0 Å². The molecule has 2 saturated carbocycles. The SMILES string of the molecule is CC1CC(C)(C)CC2(C1)C(CNC(C)C)C2(C)C. The maximum atomic E-state index is 3.68. The largest absolute Gasteiger partial charge is 0.314 e. The molecule has 1 nitrogen and oxygen atoms in total. The molecule has 0 saturated heterocycles. The van der Waals surface area contributed by atoms with E-state index in [1.54, 1.807) is 0 Å². The van der Waals surface area contributed by atoms with Crippen LogP contribution in [0.2, 0.25) is 0 Å². The Labute approximate surface area is 114 Å². The van der Waals surface area contributed by atoms with Crippen molar-refractivity contribution in [2.75, 3.05) is 6.54 Å². The number of hydrogen-bond donors (Lipinski definition) is 1. The van der Waals surface area contributed by atoms with Gasteiger partial charge >= 0.3 is 0 Å². The van der Waals surface area contributed by atoms with Crippen LogP contribution in [0.5, 0.6) is 0 Å². The number of nitrogens with one attached hydrogen (secondary N) is 1. The molecule has 2 aliphatic rings. The summed E-state index contributed by atoms with van der Waals surface area (Å²) >= 11 is 0. The van der Waals surface area contributed by atoms with E-state index in [4.69, 9.17) is 0 Å². The van der Waals surface area contributed by atoms with E-state index in [0.717, 1.165) is 11.8 Å². The fourth-order valence-electron chi connectivity index (χ4n) is 5.26. The van der Waals surface area contributed by atoms with E-state index in [-0.39, 0.29) is 0 Å². The average Bonchev–Trinajstić information content (AvgIpc) is 2.53. The van der Waals surface area contributed by atoms with Gasteiger partial charge in [0, 0.05) is 6.04 Å². The van der Waals surface area contributed by atoms with Crippen molar-refractivity contribution < 1.29 is 0 Å². The summed E-state index contributed by atoms with van der Waals surface area (Å²) in [5.74, 6) is 1.78. The van der Waals surface area contributed by atoms with Crippen LogP contribution in [0, 0.1) is 28.1 Å². The third kappa shape index (κ3) is 2.24. The summed E-state index contributed by atoms with van der Waals surface area (Å²) in [4.78, 5) is 0. The van der Waals surface area contributed by atoms with Crippen molar-refractivity contribution in [2.45, 2.75) is 73.8 Å². The van der Waals surface area contributed by atoms with Crippen LogP contribution in [0.15, 0.2) is 0 Å². The van der Waals surface area contributed by atoms with Crippen LogP contribution in [0.25, 0.3) is 0 Å². The van der Waals surface area contributed by atoms with E-state index in [0.29, 0.717) is 22.3 Å². The molecule has 0 bridgehead atoms. The van der Waals surface area contributed by atoms with Gasteiger partial charge in [0.05, 0.1) is 0 Å². The molecule has 18 heavy (non-hydrogen) atoms. The maximum absolute atomic E-state index is 3.68. The summed E-state index contributed by atoms with van der Waals surface area (Å²) in [6.07, 6.45) is 4.30. The van der Waals surface area contributed by atoms with Gasteiger partial charge in [0.2, 0.25) is 0 Å². The predicted octanol–water partition coefficient (Wildman–Crippen LogP) is 4.47. The van der Waals surface area contributed by atoms with Crippen molar-refractivity contribution >= 4 is 0 Å². The first-order valence-electron chi connectivity index (χ1n) is 7.84.